The first-order chi connectivity index (χ1) is 8.20. The molecule has 0 bridgehead atoms. The zero-order valence-electron chi connectivity index (χ0n) is 10.1. The number of nitrogens with zero attached hydrogens (tertiary/aromatic N) is 3. The normalized spacial score (nSPS) is 10.5. The third-order valence-corrected chi connectivity index (χ3v) is 2.32. The van der Waals surface area contributed by atoms with Crippen LogP contribution in [0.25, 0.3) is 5.69 Å². The first kappa shape index (κ1) is 11.4. The Morgan fingerprint density at radius 2 is 2.18 bits per heavy atom. The molecule has 5 heteroatoms. The Bertz CT molecular complexity index is 507. The van der Waals surface area contributed by atoms with Crippen molar-refractivity contribution in [3.05, 3.63) is 30.2 Å². The Morgan fingerprint density at radius 1 is 1.35 bits per heavy atom. The minimum Gasteiger partial charge on any atom is -0.492 e. The Kier molecular flexibility index (Phi) is 3.27. The molecule has 0 fully saturated rings. The molecule has 2 N–H and O–H groups in total. The van der Waals surface area contributed by atoms with Crippen molar-refractivity contribution in [3.8, 4) is 11.4 Å². The van der Waals surface area contributed by atoms with E-state index in [4.69, 9.17) is 10.5 Å². The SMILES string of the molecule is CCCOc1cncc(-n2nc(N)cc2C)c1. The summed E-state index contributed by atoms with van der Waals surface area (Å²) in [6.45, 7) is 4.70. The number of nitrogen functional groups attached to an aromatic ring is 1. The lowest BCUT2D eigenvalue weighted by Gasteiger charge is -2.07. The van der Waals surface area contributed by atoms with E-state index in [0.29, 0.717) is 12.4 Å². The van der Waals surface area contributed by atoms with Crippen LogP contribution in [0.3, 0.4) is 0 Å². The van der Waals surface area contributed by atoms with Gasteiger partial charge in [0.25, 0.3) is 0 Å². The molecule has 0 radical (unpaired) electrons. The third-order valence-electron chi connectivity index (χ3n) is 2.32. The average molecular weight is 232 g/mol. The molecule has 0 saturated heterocycles. The van der Waals surface area contributed by atoms with Gasteiger partial charge in [0.2, 0.25) is 0 Å². The van der Waals surface area contributed by atoms with Gasteiger partial charge in [0.1, 0.15) is 11.6 Å². The Labute approximate surface area is 100 Å². The highest BCUT2D eigenvalue weighted by Gasteiger charge is 2.05. The fourth-order valence-corrected chi connectivity index (χ4v) is 1.58. The molecule has 0 saturated carbocycles. The fourth-order valence-electron chi connectivity index (χ4n) is 1.58. The fraction of sp³-hybridized carbons (Fsp3) is 0.333. The smallest absolute Gasteiger partial charge is 0.146 e. The summed E-state index contributed by atoms with van der Waals surface area (Å²) in [5.41, 5.74) is 7.48. The maximum absolute atomic E-state index is 5.65. The molecule has 17 heavy (non-hydrogen) atoms. The second-order valence-corrected chi connectivity index (χ2v) is 3.85. The summed E-state index contributed by atoms with van der Waals surface area (Å²) in [6, 6.07) is 3.72. The van der Waals surface area contributed by atoms with Gasteiger partial charge in [0.05, 0.1) is 24.7 Å². The summed E-state index contributed by atoms with van der Waals surface area (Å²) in [4.78, 5) is 4.14. The maximum Gasteiger partial charge on any atom is 0.146 e. The van der Waals surface area contributed by atoms with Gasteiger partial charge in [0.15, 0.2) is 0 Å². The van der Waals surface area contributed by atoms with Crippen LogP contribution in [-0.2, 0) is 0 Å². The molecular weight excluding hydrogens is 216 g/mol. The molecule has 0 unspecified atom stereocenters. The Balaban J connectivity index is 2.29. The standard InChI is InChI=1S/C12H16N4O/c1-3-4-17-11-6-10(7-14-8-11)16-9(2)5-12(13)15-16/h5-8H,3-4H2,1-2H3,(H2,13,15). The summed E-state index contributed by atoms with van der Waals surface area (Å²) in [7, 11) is 0. The van der Waals surface area contributed by atoms with Crippen LogP contribution in [0.2, 0.25) is 0 Å². The van der Waals surface area contributed by atoms with Crippen molar-refractivity contribution < 1.29 is 4.74 Å². The lowest BCUT2D eigenvalue weighted by molar-refractivity contribution is 0.316. The van der Waals surface area contributed by atoms with E-state index >= 15 is 0 Å². The van der Waals surface area contributed by atoms with Crippen LogP contribution in [0, 0.1) is 6.92 Å². The van der Waals surface area contributed by atoms with E-state index in [2.05, 4.69) is 17.0 Å². The summed E-state index contributed by atoms with van der Waals surface area (Å²) < 4.78 is 7.28. The van der Waals surface area contributed by atoms with E-state index in [-0.39, 0.29) is 0 Å². The predicted octanol–water partition coefficient (Wildman–Crippen LogP) is 1.95. The number of hydrogen-bond acceptors (Lipinski definition) is 4. The van der Waals surface area contributed by atoms with Crippen LogP contribution in [0.15, 0.2) is 24.5 Å². The van der Waals surface area contributed by atoms with Gasteiger partial charge in [-0.25, -0.2) is 4.68 Å². The highest BCUT2D eigenvalue weighted by molar-refractivity contribution is 5.40. The number of ether oxygens (including phenoxy) is 1. The molecule has 0 spiro atoms. The number of hydrogen-bond donors (Lipinski definition) is 1. The van der Waals surface area contributed by atoms with Gasteiger partial charge in [-0.3, -0.25) is 4.98 Å². The van der Waals surface area contributed by atoms with Gasteiger partial charge in [-0.2, -0.15) is 5.10 Å². The molecule has 0 aliphatic rings. The number of anilines is 1. The van der Waals surface area contributed by atoms with Crippen LogP contribution in [0.5, 0.6) is 5.75 Å². The molecule has 0 aromatic carbocycles. The molecular formula is C12H16N4O. The Morgan fingerprint density at radius 3 is 2.82 bits per heavy atom. The first-order valence-electron chi connectivity index (χ1n) is 5.61. The van der Waals surface area contributed by atoms with Crippen molar-refractivity contribution in [2.75, 3.05) is 12.3 Å². The number of aryl methyl sites for hydroxylation is 1. The molecule has 2 aromatic heterocycles. The summed E-state index contributed by atoms with van der Waals surface area (Å²) in [5.74, 6) is 1.25. The second kappa shape index (κ2) is 4.86. The second-order valence-electron chi connectivity index (χ2n) is 3.85. The molecule has 2 rings (SSSR count). The molecule has 2 aromatic rings. The van der Waals surface area contributed by atoms with Gasteiger partial charge in [0, 0.05) is 17.8 Å². The topological polar surface area (TPSA) is 66.0 Å². The van der Waals surface area contributed by atoms with E-state index in [1.165, 1.54) is 0 Å². The zero-order valence-corrected chi connectivity index (χ0v) is 10.1. The van der Waals surface area contributed by atoms with Crippen molar-refractivity contribution in [3.63, 3.8) is 0 Å². The highest BCUT2D eigenvalue weighted by Crippen LogP contribution is 2.17. The number of aromatic nitrogens is 3. The van der Waals surface area contributed by atoms with Gasteiger partial charge in [-0.1, -0.05) is 6.92 Å². The van der Waals surface area contributed by atoms with Crippen LogP contribution < -0.4 is 10.5 Å². The molecule has 2 heterocycles. The van der Waals surface area contributed by atoms with Crippen LogP contribution >= 0.6 is 0 Å². The van der Waals surface area contributed by atoms with Gasteiger partial charge < -0.3 is 10.5 Å². The predicted molar refractivity (Wildman–Crippen MR) is 66.3 cm³/mol. The van der Waals surface area contributed by atoms with E-state index in [1.54, 1.807) is 17.1 Å². The summed E-state index contributed by atoms with van der Waals surface area (Å²) >= 11 is 0. The maximum atomic E-state index is 5.65. The summed E-state index contributed by atoms with van der Waals surface area (Å²) in [6.07, 6.45) is 4.40. The van der Waals surface area contributed by atoms with Crippen molar-refractivity contribution in [2.24, 2.45) is 0 Å². The minimum atomic E-state index is 0.502. The molecule has 0 amide bonds. The molecule has 90 valence electrons. The highest BCUT2D eigenvalue weighted by atomic mass is 16.5. The van der Waals surface area contributed by atoms with Gasteiger partial charge >= 0.3 is 0 Å². The lowest BCUT2D eigenvalue weighted by Crippen LogP contribution is -2.02. The van der Waals surface area contributed by atoms with Gasteiger partial charge in [-0.15, -0.1) is 0 Å². The Hall–Kier alpha value is -2.04. The third kappa shape index (κ3) is 2.55. The minimum absolute atomic E-state index is 0.502. The van der Waals surface area contributed by atoms with Gasteiger partial charge in [-0.05, 0) is 13.3 Å². The van der Waals surface area contributed by atoms with Crippen LogP contribution in [0.1, 0.15) is 19.0 Å². The largest absolute Gasteiger partial charge is 0.492 e. The van der Waals surface area contributed by atoms with E-state index in [0.717, 1.165) is 23.6 Å². The first-order valence-corrected chi connectivity index (χ1v) is 5.61. The monoisotopic (exact) mass is 232 g/mol. The molecule has 5 nitrogen and oxygen atoms in total. The van der Waals surface area contributed by atoms with Crippen molar-refractivity contribution in [1.29, 1.82) is 0 Å². The molecule has 0 aliphatic carbocycles. The molecule has 0 atom stereocenters. The van der Waals surface area contributed by atoms with E-state index in [1.807, 2.05) is 19.1 Å². The lowest BCUT2D eigenvalue weighted by atomic mass is 10.3. The molecule has 0 aliphatic heterocycles. The number of nitrogens with two attached hydrogens (primary N) is 1. The van der Waals surface area contributed by atoms with Crippen LogP contribution in [-0.4, -0.2) is 21.4 Å². The zero-order chi connectivity index (χ0) is 12.3. The van der Waals surface area contributed by atoms with Crippen molar-refractivity contribution in [1.82, 2.24) is 14.8 Å². The average Bonchev–Trinajstić information content (AvgIpc) is 2.66. The number of pyridine rings is 1. The van der Waals surface area contributed by atoms with Crippen molar-refractivity contribution >= 4 is 5.82 Å². The quantitative estimate of drug-likeness (QED) is 0.874. The summed E-state index contributed by atoms with van der Waals surface area (Å²) in [5, 5.41) is 4.20. The van der Waals surface area contributed by atoms with Crippen LogP contribution in [0.4, 0.5) is 5.82 Å². The van der Waals surface area contributed by atoms with E-state index < -0.39 is 0 Å². The van der Waals surface area contributed by atoms with Crippen molar-refractivity contribution in [2.45, 2.75) is 20.3 Å². The number of rotatable bonds is 4. The van der Waals surface area contributed by atoms with E-state index in [9.17, 15) is 0 Å².